The summed E-state index contributed by atoms with van der Waals surface area (Å²) in [4.78, 5) is 22.1. The molecule has 0 radical (unpaired) electrons. The highest BCUT2D eigenvalue weighted by Crippen LogP contribution is 2.32. The summed E-state index contributed by atoms with van der Waals surface area (Å²) in [5, 5.41) is 0.604. The number of rotatable bonds is 11. The summed E-state index contributed by atoms with van der Waals surface area (Å²) in [6.07, 6.45) is 0.770. The third-order valence-corrected chi connectivity index (χ3v) is 8.60. The number of thiazole rings is 1. The Balaban J connectivity index is 1.92. The van der Waals surface area contributed by atoms with Crippen LogP contribution < -0.4 is 9.64 Å². The molecule has 2 aromatic carbocycles. The summed E-state index contributed by atoms with van der Waals surface area (Å²) in [6, 6.07) is 11.8. The van der Waals surface area contributed by atoms with E-state index in [1.165, 1.54) is 27.8 Å². The summed E-state index contributed by atoms with van der Waals surface area (Å²) >= 11 is 1.43. The lowest BCUT2D eigenvalue weighted by Crippen LogP contribution is -2.33. The van der Waals surface area contributed by atoms with E-state index in [2.05, 4.69) is 9.88 Å². The van der Waals surface area contributed by atoms with Crippen LogP contribution in [0, 0.1) is 0 Å². The first-order chi connectivity index (χ1) is 16.2. The van der Waals surface area contributed by atoms with Gasteiger partial charge in [0.05, 0.1) is 22.2 Å². The van der Waals surface area contributed by atoms with Crippen LogP contribution >= 0.6 is 11.3 Å². The van der Waals surface area contributed by atoms with Crippen LogP contribution in [-0.2, 0) is 10.0 Å². The second-order valence-electron chi connectivity index (χ2n) is 8.06. The van der Waals surface area contributed by atoms with E-state index < -0.39 is 10.0 Å². The quantitative estimate of drug-likeness (QED) is 0.393. The Hall–Kier alpha value is -2.53. The standard InChI is InChI=1S/C24H32N4O4S2/c1-6-27(7-2)34(30,31)20-12-9-18(10-13-20)23(29)28(16-8-15-26(3)4)24-25-21-14-11-19(32-5)17-22(21)33-24/h9-14,17H,6-8,15-16H2,1-5H3. The Morgan fingerprint density at radius 1 is 1.03 bits per heavy atom. The maximum absolute atomic E-state index is 13.5. The van der Waals surface area contributed by atoms with Crippen LogP contribution in [0.2, 0.25) is 0 Å². The van der Waals surface area contributed by atoms with Gasteiger partial charge < -0.3 is 9.64 Å². The van der Waals surface area contributed by atoms with Gasteiger partial charge >= 0.3 is 0 Å². The van der Waals surface area contributed by atoms with Gasteiger partial charge in [0.15, 0.2) is 5.13 Å². The van der Waals surface area contributed by atoms with Crippen molar-refractivity contribution >= 4 is 42.6 Å². The van der Waals surface area contributed by atoms with Crippen molar-refractivity contribution in [2.24, 2.45) is 0 Å². The number of hydrogen-bond donors (Lipinski definition) is 0. The highest BCUT2D eigenvalue weighted by molar-refractivity contribution is 7.89. The molecule has 1 amide bonds. The van der Waals surface area contributed by atoms with Gasteiger partial charge in [-0.25, -0.2) is 13.4 Å². The maximum Gasteiger partial charge on any atom is 0.260 e. The number of benzene rings is 2. The van der Waals surface area contributed by atoms with Crippen LogP contribution in [0.4, 0.5) is 5.13 Å². The predicted octanol–water partition coefficient (Wildman–Crippen LogP) is 3.93. The molecule has 0 fully saturated rings. The molecular formula is C24H32N4O4S2. The summed E-state index contributed by atoms with van der Waals surface area (Å²) in [5.41, 5.74) is 1.21. The van der Waals surface area contributed by atoms with Crippen LogP contribution in [-0.4, -0.2) is 75.9 Å². The number of carbonyl (C=O) groups is 1. The van der Waals surface area contributed by atoms with Gasteiger partial charge in [0, 0.05) is 25.2 Å². The maximum atomic E-state index is 13.5. The number of methoxy groups -OCH3 is 1. The molecule has 34 heavy (non-hydrogen) atoms. The van der Waals surface area contributed by atoms with Crippen LogP contribution in [0.1, 0.15) is 30.6 Å². The van der Waals surface area contributed by atoms with Crippen molar-refractivity contribution in [3.8, 4) is 5.75 Å². The van der Waals surface area contributed by atoms with Crippen molar-refractivity contribution in [3.63, 3.8) is 0 Å². The first-order valence-corrected chi connectivity index (χ1v) is 13.5. The molecule has 0 aliphatic rings. The molecule has 0 saturated heterocycles. The lowest BCUT2D eigenvalue weighted by atomic mass is 10.2. The van der Waals surface area contributed by atoms with E-state index in [0.29, 0.717) is 30.3 Å². The zero-order valence-corrected chi connectivity index (χ0v) is 21.9. The first kappa shape index (κ1) is 26.1. The SMILES string of the molecule is CCN(CC)S(=O)(=O)c1ccc(C(=O)N(CCCN(C)C)c2nc3ccc(OC)cc3s2)cc1. The average Bonchev–Trinajstić information content (AvgIpc) is 3.24. The van der Waals surface area contributed by atoms with Gasteiger partial charge in [0.2, 0.25) is 10.0 Å². The molecule has 0 N–H and O–H groups in total. The Morgan fingerprint density at radius 3 is 2.29 bits per heavy atom. The van der Waals surface area contributed by atoms with Crippen molar-refractivity contribution in [3.05, 3.63) is 48.0 Å². The number of anilines is 1. The van der Waals surface area contributed by atoms with Gasteiger partial charge in [0.25, 0.3) is 5.91 Å². The van der Waals surface area contributed by atoms with Gasteiger partial charge in [-0.3, -0.25) is 9.69 Å². The minimum atomic E-state index is -3.58. The minimum Gasteiger partial charge on any atom is -0.497 e. The molecular weight excluding hydrogens is 472 g/mol. The van der Waals surface area contributed by atoms with Crippen molar-refractivity contribution in [2.45, 2.75) is 25.2 Å². The Morgan fingerprint density at radius 2 is 1.71 bits per heavy atom. The monoisotopic (exact) mass is 504 g/mol. The van der Waals surface area contributed by atoms with Gasteiger partial charge in [-0.2, -0.15) is 4.31 Å². The lowest BCUT2D eigenvalue weighted by molar-refractivity contribution is 0.0986. The van der Waals surface area contributed by atoms with E-state index in [-0.39, 0.29) is 10.8 Å². The number of ether oxygens (including phenoxy) is 1. The molecule has 184 valence electrons. The Kier molecular flexibility index (Phi) is 8.64. The molecule has 0 atom stereocenters. The molecule has 1 heterocycles. The molecule has 0 aliphatic carbocycles. The minimum absolute atomic E-state index is 0.180. The average molecular weight is 505 g/mol. The van der Waals surface area contributed by atoms with Crippen LogP contribution in [0.15, 0.2) is 47.4 Å². The molecule has 3 aromatic rings. The van der Waals surface area contributed by atoms with Crippen LogP contribution in [0.25, 0.3) is 10.2 Å². The van der Waals surface area contributed by atoms with E-state index >= 15 is 0 Å². The number of fused-ring (bicyclic) bond motifs is 1. The zero-order valence-electron chi connectivity index (χ0n) is 20.3. The zero-order chi connectivity index (χ0) is 24.9. The van der Waals surface area contributed by atoms with Gasteiger partial charge in [-0.1, -0.05) is 25.2 Å². The number of carbonyl (C=O) groups excluding carboxylic acids is 1. The van der Waals surface area contributed by atoms with Gasteiger partial charge in [-0.15, -0.1) is 0 Å². The fraction of sp³-hybridized carbons (Fsp3) is 0.417. The van der Waals surface area contributed by atoms with E-state index in [1.54, 1.807) is 38.0 Å². The fourth-order valence-corrected chi connectivity index (χ4v) is 6.08. The molecule has 0 aliphatic heterocycles. The first-order valence-electron chi connectivity index (χ1n) is 11.2. The highest BCUT2D eigenvalue weighted by atomic mass is 32.2. The topological polar surface area (TPSA) is 83.1 Å². The van der Waals surface area contributed by atoms with Crippen molar-refractivity contribution in [1.82, 2.24) is 14.2 Å². The van der Waals surface area contributed by atoms with Crippen molar-refractivity contribution in [2.75, 3.05) is 52.3 Å². The predicted molar refractivity (Wildman–Crippen MR) is 138 cm³/mol. The number of aromatic nitrogens is 1. The molecule has 8 nitrogen and oxygen atoms in total. The summed E-state index contributed by atoms with van der Waals surface area (Å²) in [7, 11) is 2.01. The molecule has 0 unspecified atom stereocenters. The largest absolute Gasteiger partial charge is 0.497 e. The van der Waals surface area contributed by atoms with E-state index in [0.717, 1.165) is 28.9 Å². The van der Waals surface area contributed by atoms with Crippen molar-refractivity contribution in [1.29, 1.82) is 0 Å². The summed E-state index contributed by atoms with van der Waals surface area (Å²) in [5.74, 6) is 0.523. The second kappa shape index (κ2) is 11.3. The summed E-state index contributed by atoms with van der Waals surface area (Å²) < 4.78 is 33.2. The molecule has 0 spiro atoms. The van der Waals surface area contributed by atoms with Crippen molar-refractivity contribution < 1.29 is 17.9 Å². The van der Waals surface area contributed by atoms with E-state index in [1.807, 2.05) is 32.3 Å². The lowest BCUT2D eigenvalue weighted by Gasteiger charge is -2.22. The summed E-state index contributed by atoms with van der Waals surface area (Å²) in [6.45, 7) is 5.70. The highest BCUT2D eigenvalue weighted by Gasteiger charge is 2.24. The smallest absolute Gasteiger partial charge is 0.260 e. The number of amides is 1. The molecule has 0 saturated carbocycles. The van der Waals surface area contributed by atoms with E-state index in [4.69, 9.17) is 4.74 Å². The van der Waals surface area contributed by atoms with Gasteiger partial charge in [-0.05, 0) is 69.5 Å². The molecule has 10 heteroatoms. The normalized spacial score (nSPS) is 12.0. The Labute approximate surface area is 205 Å². The third kappa shape index (κ3) is 5.75. The second-order valence-corrected chi connectivity index (χ2v) is 11.0. The molecule has 3 rings (SSSR count). The fourth-order valence-electron chi connectivity index (χ4n) is 3.60. The number of sulfonamides is 1. The number of nitrogens with zero attached hydrogens (tertiary/aromatic N) is 4. The van der Waals surface area contributed by atoms with Crippen LogP contribution in [0.5, 0.6) is 5.75 Å². The van der Waals surface area contributed by atoms with Crippen LogP contribution in [0.3, 0.4) is 0 Å². The van der Waals surface area contributed by atoms with E-state index in [9.17, 15) is 13.2 Å². The number of hydrogen-bond acceptors (Lipinski definition) is 7. The van der Waals surface area contributed by atoms with Gasteiger partial charge in [0.1, 0.15) is 5.75 Å². The molecule has 1 aromatic heterocycles. The molecule has 0 bridgehead atoms. The Bertz CT molecular complexity index is 1220. The third-order valence-electron chi connectivity index (χ3n) is 5.49.